The van der Waals surface area contributed by atoms with Gasteiger partial charge in [-0.2, -0.15) is 0 Å². The van der Waals surface area contributed by atoms with Crippen molar-refractivity contribution < 1.29 is 23.8 Å². The lowest BCUT2D eigenvalue weighted by Gasteiger charge is -2.14. The number of nitrogens with one attached hydrogen (secondary N) is 2. The van der Waals surface area contributed by atoms with Crippen LogP contribution in [0.1, 0.15) is 38.2 Å². The fourth-order valence-corrected chi connectivity index (χ4v) is 3.60. The first-order chi connectivity index (χ1) is 13.5. The number of ether oxygens (including phenoxy) is 1. The van der Waals surface area contributed by atoms with Gasteiger partial charge in [0.15, 0.2) is 0 Å². The van der Waals surface area contributed by atoms with Gasteiger partial charge in [0.1, 0.15) is 17.6 Å². The van der Waals surface area contributed by atoms with Gasteiger partial charge in [-0.15, -0.1) is 0 Å². The van der Waals surface area contributed by atoms with E-state index in [1.807, 2.05) is 0 Å². The van der Waals surface area contributed by atoms with E-state index in [1.54, 1.807) is 6.07 Å². The lowest BCUT2D eigenvalue weighted by Crippen LogP contribution is -2.31. The van der Waals surface area contributed by atoms with E-state index in [1.165, 1.54) is 37.4 Å². The second-order valence-corrected chi connectivity index (χ2v) is 7.07. The van der Waals surface area contributed by atoms with Gasteiger partial charge in [0.05, 0.1) is 18.9 Å². The monoisotopic (exact) mass is 385 g/mol. The molecule has 0 unspecified atom stereocenters. The van der Waals surface area contributed by atoms with Crippen molar-refractivity contribution >= 4 is 11.8 Å². The number of halogens is 1. The summed E-state index contributed by atoms with van der Waals surface area (Å²) in [6.07, 6.45) is -1.28. The molecule has 1 aliphatic heterocycles. The van der Waals surface area contributed by atoms with E-state index in [9.17, 15) is 19.1 Å². The molecule has 146 valence electrons. The summed E-state index contributed by atoms with van der Waals surface area (Å²) in [7, 11) is 1.45. The smallest absolute Gasteiger partial charge is 0.269 e. The van der Waals surface area contributed by atoms with Gasteiger partial charge in [0.2, 0.25) is 0 Å². The van der Waals surface area contributed by atoms with Crippen molar-refractivity contribution in [2.45, 2.75) is 12.1 Å². The highest BCUT2D eigenvalue weighted by Crippen LogP contribution is 2.44. The Bertz CT molecular complexity index is 925. The van der Waals surface area contributed by atoms with Crippen LogP contribution in [0.15, 0.2) is 36.4 Å². The van der Waals surface area contributed by atoms with E-state index < -0.39 is 17.8 Å². The number of fused-ring (bicyclic) bond motifs is 1. The highest BCUT2D eigenvalue weighted by atomic mass is 19.1. The molecular weight excluding hydrogens is 365 g/mol. The van der Waals surface area contributed by atoms with Gasteiger partial charge in [-0.25, -0.2) is 9.37 Å². The van der Waals surface area contributed by atoms with Crippen molar-refractivity contribution in [2.75, 3.05) is 20.3 Å². The number of aliphatic hydroxyl groups is 1. The van der Waals surface area contributed by atoms with E-state index >= 15 is 0 Å². The van der Waals surface area contributed by atoms with Crippen LogP contribution in [0.3, 0.4) is 0 Å². The number of pyridine rings is 1. The van der Waals surface area contributed by atoms with Crippen molar-refractivity contribution in [3.8, 4) is 0 Å². The van der Waals surface area contributed by atoms with Crippen molar-refractivity contribution in [1.82, 2.24) is 15.6 Å². The first-order valence-corrected chi connectivity index (χ1v) is 9.04. The molecule has 2 fully saturated rings. The molecule has 1 aromatic carbocycles. The number of hydrogen-bond donors (Lipinski definition) is 3. The Morgan fingerprint density at radius 2 is 1.96 bits per heavy atom. The molecule has 3 N–H and O–H groups in total. The summed E-state index contributed by atoms with van der Waals surface area (Å²) in [6, 6.07) is 8.33. The first-order valence-electron chi connectivity index (χ1n) is 9.04. The number of aromatic nitrogens is 1. The standard InChI is InChI=1S/C20H20FN3O4/c1-22-20(27)16-7-11(19(26)24-17-13-8-28-9-14(13)17)6-15(23-16)18(25)10-3-2-4-12(21)5-10/h2-7,13-14,17-18,25H,8-9H2,1H3,(H,22,27)(H,24,26)/t13-,14+,17+,18-/m1/s1. The summed E-state index contributed by atoms with van der Waals surface area (Å²) in [4.78, 5) is 28.9. The SMILES string of the molecule is CNC(=O)c1cc(C(=O)N[C@H]2[C@@H]3COC[C@@H]32)cc([C@H](O)c2cccc(F)c2)n1. The predicted octanol–water partition coefficient (Wildman–Crippen LogP) is 1.04. The van der Waals surface area contributed by atoms with Crippen molar-refractivity contribution in [3.63, 3.8) is 0 Å². The fourth-order valence-electron chi connectivity index (χ4n) is 3.60. The molecule has 0 bridgehead atoms. The lowest BCUT2D eigenvalue weighted by molar-refractivity contribution is 0.0928. The van der Waals surface area contributed by atoms with Crippen LogP contribution in [0, 0.1) is 17.7 Å². The zero-order chi connectivity index (χ0) is 19.8. The third kappa shape index (κ3) is 3.48. The third-order valence-electron chi connectivity index (χ3n) is 5.26. The van der Waals surface area contributed by atoms with Crippen LogP contribution in [-0.4, -0.2) is 48.2 Å². The Kier molecular flexibility index (Phi) is 4.82. The summed E-state index contributed by atoms with van der Waals surface area (Å²) in [6.45, 7) is 1.28. The molecule has 1 saturated carbocycles. The van der Waals surface area contributed by atoms with Crippen LogP contribution in [0.25, 0.3) is 0 Å². The maximum atomic E-state index is 13.5. The van der Waals surface area contributed by atoms with Crippen molar-refractivity contribution in [3.05, 3.63) is 64.7 Å². The molecule has 28 heavy (non-hydrogen) atoms. The normalized spacial score (nSPS) is 23.6. The number of carbonyl (C=O) groups excluding carboxylic acids is 2. The summed E-state index contributed by atoms with van der Waals surface area (Å²) < 4.78 is 18.8. The number of benzene rings is 1. The van der Waals surface area contributed by atoms with E-state index in [-0.39, 0.29) is 34.5 Å². The van der Waals surface area contributed by atoms with Crippen LogP contribution in [0.4, 0.5) is 4.39 Å². The Labute approximate surface area is 160 Å². The van der Waals surface area contributed by atoms with E-state index in [0.29, 0.717) is 25.0 Å². The Balaban J connectivity index is 1.63. The van der Waals surface area contributed by atoms with Gasteiger partial charge in [-0.05, 0) is 29.8 Å². The number of hydrogen-bond acceptors (Lipinski definition) is 5. The maximum absolute atomic E-state index is 13.5. The number of nitrogens with zero attached hydrogens (tertiary/aromatic N) is 1. The van der Waals surface area contributed by atoms with Crippen molar-refractivity contribution in [2.24, 2.45) is 11.8 Å². The molecule has 7 nitrogen and oxygen atoms in total. The summed E-state index contributed by atoms with van der Waals surface area (Å²) in [5, 5.41) is 16.0. The third-order valence-corrected chi connectivity index (χ3v) is 5.26. The molecule has 1 saturated heterocycles. The van der Waals surface area contributed by atoms with Gasteiger partial charge in [0.25, 0.3) is 11.8 Å². The van der Waals surface area contributed by atoms with Gasteiger partial charge < -0.3 is 20.5 Å². The molecular formula is C20H20FN3O4. The topological polar surface area (TPSA) is 101 Å². The average molecular weight is 385 g/mol. The second kappa shape index (κ2) is 7.29. The fraction of sp³-hybridized carbons (Fsp3) is 0.350. The van der Waals surface area contributed by atoms with Gasteiger partial charge in [0, 0.05) is 30.5 Å². The number of rotatable bonds is 5. The van der Waals surface area contributed by atoms with Gasteiger partial charge in [-0.3, -0.25) is 9.59 Å². The molecule has 0 radical (unpaired) electrons. The zero-order valence-corrected chi connectivity index (χ0v) is 15.2. The van der Waals surface area contributed by atoms with Crippen LogP contribution in [0.2, 0.25) is 0 Å². The average Bonchev–Trinajstić information content (AvgIpc) is 3.12. The van der Waals surface area contributed by atoms with Crippen LogP contribution in [0.5, 0.6) is 0 Å². The molecule has 2 heterocycles. The van der Waals surface area contributed by atoms with Crippen LogP contribution >= 0.6 is 0 Å². The minimum Gasteiger partial charge on any atom is -0.382 e. The van der Waals surface area contributed by atoms with Crippen LogP contribution in [-0.2, 0) is 4.74 Å². The second-order valence-electron chi connectivity index (χ2n) is 7.07. The van der Waals surface area contributed by atoms with Gasteiger partial charge >= 0.3 is 0 Å². The Hall–Kier alpha value is -2.84. The minimum absolute atomic E-state index is 0.0000671. The molecule has 4 atom stereocenters. The molecule has 2 aromatic rings. The molecule has 1 aromatic heterocycles. The summed E-state index contributed by atoms with van der Waals surface area (Å²) in [5.74, 6) is -0.666. The number of carbonyl (C=O) groups is 2. The predicted molar refractivity (Wildman–Crippen MR) is 97.1 cm³/mol. The highest BCUT2D eigenvalue weighted by Gasteiger charge is 2.54. The van der Waals surface area contributed by atoms with Crippen molar-refractivity contribution in [1.29, 1.82) is 0 Å². The van der Waals surface area contributed by atoms with Crippen LogP contribution < -0.4 is 10.6 Å². The largest absolute Gasteiger partial charge is 0.382 e. The van der Waals surface area contributed by atoms with Gasteiger partial charge in [-0.1, -0.05) is 12.1 Å². The molecule has 2 amide bonds. The Morgan fingerprint density at radius 3 is 2.64 bits per heavy atom. The van der Waals surface area contributed by atoms with E-state index in [4.69, 9.17) is 4.74 Å². The zero-order valence-electron chi connectivity index (χ0n) is 15.2. The molecule has 2 aliphatic rings. The maximum Gasteiger partial charge on any atom is 0.269 e. The quantitative estimate of drug-likeness (QED) is 0.714. The van der Waals surface area contributed by atoms with E-state index in [2.05, 4.69) is 15.6 Å². The van der Waals surface area contributed by atoms with E-state index in [0.717, 1.165) is 0 Å². The lowest BCUT2D eigenvalue weighted by atomic mass is 10.0. The molecule has 0 spiro atoms. The summed E-state index contributed by atoms with van der Waals surface area (Å²) in [5.41, 5.74) is 0.586. The minimum atomic E-state index is -1.28. The summed E-state index contributed by atoms with van der Waals surface area (Å²) >= 11 is 0. The molecule has 1 aliphatic carbocycles. The number of amides is 2. The Morgan fingerprint density at radius 1 is 1.21 bits per heavy atom. The highest BCUT2D eigenvalue weighted by molar-refractivity contribution is 5.99. The molecule has 8 heteroatoms. The number of aliphatic hydroxyl groups excluding tert-OH is 1. The molecule has 4 rings (SSSR count). The first kappa shape index (κ1) is 18.5.